The van der Waals surface area contributed by atoms with Crippen LogP contribution < -0.4 is 0 Å². The van der Waals surface area contributed by atoms with Gasteiger partial charge in [0.2, 0.25) is 0 Å². The minimum Gasteiger partial charge on any atom is -0.462 e. The molecule has 6 heteroatoms. The van der Waals surface area contributed by atoms with E-state index in [-0.39, 0.29) is 31.1 Å². The van der Waals surface area contributed by atoms with Crippen LogP contribution in [0.2, 0.25) is 0 Å². The summed E-state index contributed by atoms with van der Waals surface area (Å²) in [5, 5.41) is 0. The monoisotopic (exact) mass is 1110 g/mol. The molecule has 79 heavy (non-hydrogen) atoms. The van der Waals surface area contributed by atoms with E-state index in [9.17, 15) is 14.4 Å². The standard InChI is InChI=1S/C73H132O6/c1-4-7-10-13-16-19-22-25-28-30-32-34-36-38-40-42-45-48-51-54-57-60-63-66-72(75)78-69-70(68-77-71(74)65-62-59-56-53-50-47-44-27-24-21-18-15-12-9-6-3)79-73(76)67-64-61-58-55-52-49-46-43-41-39-37-35-33-31-29-26-23-20-17-14-11-8-5-2/h18,21-22,25,27,30-33,44,70H,4-17,19-20,23-24,26,28-29,34-43,45-69H2,1-3H3/b21-18-,25-22-,32-30-,33-31-,44-27-. The van der Waals surface area contributed by atoms with Crippen molar-refractivity contribution in [2.75, 3.05) is 13.2 Å². The van der Waals surface area contributed by atoms with Gasteiger partial charge >= 0.3 is 17.9 Å². The minimum absolute atomic E-state index is 0.0777. The molecule has 0 aliphatic carbocycles. The Balaban J connectivity index is 4.32. The van der Waals surface area contributed by atoms with E-state index in [1.165, 1.54) is 244 Å². The maximum absolute atomic E-state index is 13.0. The lowest BCUT2D eigenvalue weighted by Gasteiger charge is -2.18. The molecule has 0 fully saturated rings. The molecule has 0 N–H and O–H groups in total. The Morgan fingerprint density at radius 2 is 0.456 bits per heavy atom. The molecule has 0 heterocycles. The number of rotatable bonds is 64. The summed E-state index contributed by atoms with van der Waals surface area (Å²) in [6.07, 6.45) is 86.7. The molecule has 0 radical (unpaired) electrons. The Hall–Kier alpha value is -2.89. The van der Waals surface area contributed by atoms with Crippen molar-refractivity contribution in [1.29, 1.82) is 0 Å². The van der Waals surface area contributed by atoms with Crippen molar-refractivity contribution in [3.63, 3.8) is 0 Å². The third-order valence-electron chi connectivity index (χ3n) is 15.5. The highest BCUT2D eigenvalue weighted by molar-refractivity contribution is 5.71. The Labute approximate surface area is 491 Å². The number of hydrogen-bond acceptors (Lipinski definition) is 6. The summed E-state index contributed by atoms with van der Waals surface area (Å²) in [7, 11) is 0. The van der Waals surface area contributed by atoms with Crippen LogP contribution in [0.3, 0.4) is 0 Å². The number of carbonyl (C=O) groups excluding carboxylic acids is 3. The molecule has 0 aromatic rings. The first-order chi connectivity index (χ1) is 39.0. The van der Waals surface area contributed by atoms with Gasteiger partial charge in [-0.1, -0.05) is 300 Å². The topological polar surface area (TPSA) is 78.9 Å². The number of hydrogen-bond donors (Lipinski definition) is 0. The molecule has 0 bridgehead atoms. The highest BCUT2D eigenvalue weighted by atomic mass is 16.6. The van der Waals surface area contributed by atoms with Gasteiger partial charge in [0, 0.05) is 19.3 Å². The second kappa shape index (κ2) is 67.6. The first kappa shape index (κ1) is 76.1. The van der Waals surface area contributed by atoms with Crippen molar-refractivity contribution in [2.45, 2.75) is 374 Å². The molecule has 0 aliphatic rings. The number of esters is 3. The number of carbonyl (C=O) groups is 3. The van der Waals surface area contributed by atoms with E-state index in [0.29, 0.717) is 19.3 Å². The molecule has 1 atom stereocenters. The first-order valence-electron chi connectivity index (χ1n) is 34.8. The highest BCUT2D eigenvalue weighted by Crippen LogP contribution is 2.17. The third kappa shape index (κ3) is 65.8. The van der Waals surface area contributed by atoms with Crippen LogP contribution in [0.1, 0.15) is 367 Å². The zero-order valence-corrected chi connectivity index (χ0v) is 52.9. The molecule has 0 amide bonds. The molecule has 0 saturated heterocycles. The molecule has 0 aromatic heterocycles. The van der Waals surface area contributed by atoms with E-state index in [0.717, 1.165) is 83.5 Å². The zero-order chi connectivity index (χ0) is 57.1. The summed E-state index contributed by atoms with van der Waals surface area (Å²) in [5.74, 6) is -0.873. The van der Waals surface area contributed by atoms with Gasteiger partial charge in [0.25, 0.3) is 0 Å². The van der Waals surface area contributed by atoms with Gasteiger partial charge in [-0.15, -0.1) is 0 Å². The largest absolute Gasteiger partial charge is 0.462 e. The molecule has 6 nitrogen and oxygen atoms in total. The number of unbranched alkanes of at least 4 members (excludes halogenated alkanes) is 43. The Morgan fingerprint density at radius 3 is 0.734 bits per heavy atom. The van der Waals surface area contributed by atoms with Gasteiger partial charge < -0.3 is 14.2 Å². The van der Waals surface area contributed by atoms with Crippen molar-refractivity contribution in [2.24, 2.45) is 0 Å². The van der Waals surface area contributed by atoms with Crippen molar-refractivity contribution < 1.29 is 28.6 Å². The maximum Gasteiger partial charge on any atom is 0.306 e. The average molecular weight is 1110 g/mol. The van der Waals surface area contributed by atoms with Gasteiger partial charge in [-0.2, -0.15) is 0 Å². The molecule has 0 spiro atoms. The molecule has 460 valence electrons. The van der Waals surface area contributed by atoms with Gasteiger partial charge in [-0.3, -0.25) is 14.4 Å². The number of allylic oxidation sites excluding steroid dienone is 10. The van der Waals surface area contributed by atoms with Crippen LogP contribution in [0.15, 0.2) is 60.8 Å². The SMILES string of the molecule is CCCCC/C=C\C/C=C\CCCCCCCC(=O)OCC(COC(=O)CCCCCCCCCCCCC/C=C\C/C=C\CCCCCCC)OC(=O)CCCCCCCCCCCCC/C=C\CCCCCCCCCC. The van der Waals surface area contributed by atoms with E-state index >= 15 is 0 Å². The van der Waals surface area contributed by atoms with Crippen molar-refractivity contribution in [1.82, 2.24) is 0 Å². The Kier molecular flexibility index (Phi) is 65.1. The second-order valence-electron chi connectivity index (χ2n) is 23.4. The predicted octanol–water partition coefficient (Wildman–Crippen LogP) is 23.9. The molecular formula is C73H132O6. The lowest BCUT2D eigenvalue weighted by molar-refractivity contribution is -0.167. The van der Waals surface area contributed by atoms with Crippen LogP contribution in [0.4, 0.5) is 0 Å². The van der Waals surface area contributed by atoms with E-state index in [2.05, 4.69) is 81.5 Å². The predicted molar refractivity (Wildman–Crippen MR) is 344 cm³/mol. The Bertz CT molecular complexity index is 1410. The van der Waals surface area contributed by atoms with E-state index < -0.39 is 6.10 Å². The van der Waals surface area contributed by atoms with Gasteiger partial charge in [-0.25, -0.2) is 0 Å². The fourth-order valence-corrected chi connectivity index (χ4v) is 10.2. The van der Waals surface area contributed by atoms with Crippen LogP contribution in [0.5, 0.6) is 0 Å². The summed E-state index contributed by atoms with van der Waals surface area (Å²) in [5.41, 5.74) is 0. The quantitative estimate of drug-likeness (QED) is 0.0261. The number of ether oxygens (including phenoxy) is 3. The van der Waals surface area contributed by atoms with Gasteiger partial charge in [0.1, 0.15) is 13.2 Å². The van der Waals surface area contributed by atoms with Crippen LogP contribution in [-0.4, -0.2) is 37.2 Å². The smallest absolute Gasteiger partial charge is 0.306 e. The summed E-state index contributed by atoms with van der Waals surface area (Å²) in [6, 6.07) is 0. The van der Waals surface area contributed by atoms with Gasteiger partial charge in [0.05, 0.1) is 0 Å². The summed E-state index contributed by atoms with van der Waals surface area (Å²) in [6.45, 7) is 6.64. The summed E-state index contributed by atoms with van der Waals surface area (Å²) < 4.78 is 17.0. The molecule has 0 saturated carbocycles. The third-order valence-corrected chi connectivity index (χ3v) is 15.5. The maximum atomic E-state index is 13.0. The van der Waals surface area contributed by atoms with E-state index in [4.69, 9.17) is 14.2 Å². The van der Waals surface area contributed by atoms with Crippen molar-refractivity contribution in [3.8, 4) is 0 Å². The zero-order valence-electron chi connectivity index (χ0n) is 52.9. The molecule has 0 rings (SSSR count). The fourth-order valence-electron chi connectivity index (χ4n) is 10.2. The van der Waals surface area contributed by atoms with Crippen LogP contribution >= 0.6 is 0 Å². The van der Waals surface area contributed by atoms with E-state index in [1.807, 2.05) is 0 Å². The van der Waals surface area contributed by atoms with Crippen molar-refractivity contribution in [3.05, 3.63) is 60.8 Å². The van der Waals surface area contributed by atoms with E-state index in [1.54, 1.807) is 0 Å². The molecule has 0 aromatic carbocycles. The molecular weight excluding hydrogens is 973 g/mol. The first-order valence-corrected chi connectivity index (χ1v) is 34.8. The summed E-state index contributed by atoms with van der Waals surface area (Å²) >= 11 is 0. The van der Waals surface area contributed by atoms with Crippen LogP contribution in [-0.2, 0) is 28.6 Å². The summed E-state index contributed by atoms with van der Waals surface area (Å²) in [4.78, 5) is 38.4. The van der Waals surface area contributed by atoms with Gasteiger partial charge in [-0.05, 0) is 109 Å². The Morgan fingerprint density at radius 1 is 0.253 bits per heavy atom. The normalized spacial score (nSPS) is 12.4. The fraction of sp³-hybridized carbons (Fsp3) is 0.822. The van der Waals surface area contributed by atoms with Gasteiger partial charge in [0.15, 0.2) is 6.10 Å². The minimum atomic E-state index is -0.783. The molecule has 0 aliphatic heterocycles. The van der Waals surface area contributed by atoms with Crippen LogP contribution in [0.25, 0.3) is 0 Å². The average Bonchev–Trinajstić information content (AvgIpc) is 3.45. The second-order valence-corrected chi connectivity index (χ2v) is 23.4. The molecule has 1 unspecified atom stereocenters. The van der Waals surface area contributed by atoms with Crippen LogP contribution in [0, 0.1) is 0 Å². The lowest BCUT2D eigenvalue weighted by Crippen LogP contribution is -2.30. The highest BCUT2D eigenvalue weighted by Gasteiger charge is 2.19. The van der Waals surface area contributed by atoms with Crippen molar-refractivity contribution >= 4 is 17.9 Å². The lowest BCUT2D eigenvalue weighted by atomic mass is 10.0.